The number of phenols is 1. The lowest BCUT2D eigenvalue weighted by Gasteiger charge is -2.21. The van der Waals surface area contributed by atoms with Crippen LogP contribution in [0.15, 0.2) is 24.3 Å². The van der Waals surface area contributed by atoms with Crippen LogP contribution in [0.3, 0.4) is 0 Å². The molecule has 3 N–H and O–H groups in total. The van der Waals surface area contributed by atoms with Crippen molar-refractivity contribution in [3.63, 3.8) is 0 Å². The predicted molar refractivity (Wildman–Crippen MR) is 69.0 cm³/mol. The van der Waals surface area contributed by atoms with E-state index in [4.69, 9.17) is 5.73 Å². The minimum Gasteiger partial charge on any atom is -0.508 e. The topological polar surface area (TPSA) is 66.6 Å². The molecular formula is C13H20N2O2. The van der Waals surface area contributed by atoms with E-state index >= 15 is 0 Å². The van der Waals surface area contributed by atoms with Crippen molar-refractivity contribution in [2.24, 2.45) is 11.7 Å². The molecule has 4 nitrogen and oxygen atoms in total. The number of hydrogen-bond donors (Lipinski definition) is 2. The average molecular weight is 236 g/mol. The molecule has 17 heavy (non-hydrogen) atoms. The number of phenolic OH excluding ortho intramolecular Hbond substituents is 1. The van der Waals surface area contributed by atoms with Crippen LogP contribution in [0.25, 0.3) is 0 Å². The minimum absolute atomic E-state index is 0.0302. The van der Waals surface area contributed by atoms with Crippen LogP contribution >= 0.6 is 0 Å². The fourth-order valence-electron chi connectivity index (χ4n) is 1.68. The Kier molecular flexibility index (Phi) is 4.97. The fraction of sp³-hybridized carbons (Fsp3) is 0.462. The van der Waals surface area contributed by atoms with E-state index in [-0.39, 0.29) is 17.6 Å². The van der Waals surface area contributed by atoms with Crippen LogP contribution in [0, 0.1) is 5.92 Å². The molecule has 0 aliphatic rings. The summed E-state index contributed by atoms with van der Waals surface area (Å²) < 4.78 is 0. The van der Waals surface area contributed by atoms with Crippen LogP contribution < -0.4 is 10.6 Å². The zero-order valence-electron chi connectivity index (χ0n) is 10.4. The number of carbonyl (C=O) groups excluding carboxylic acids is 1. The molecule has 1 aromatic rings. The number of hydrogen-bond acceptors (Lipinski definition) is 3. The van der Waals surface area contributed by atoms with Gasteiger partial charge in [-0.25, -0.2) is 0 Å². The van der Waals surface area contributed by atoms with Crippen LogP contribution in [0.1, 0.15) is 19.8 Å². The van der Waals surface area contributed by atoms with Gasteiger partial charge in [0.05, 0.1) is 0 Å². The number of amides is 1. The van der Waals surface area contributed by atoms with Gasteiger partial charge in [-0.1, -0.05) is 6.92 Å². The molecule has 1 atom stereocenters. The zero-order chi connectivity index (χ0) is 12.8. The van der Waals surface area contributed by atoms with E-state index in [1.807, 2.05) is 6.92 Å². The van der Waals surface area contributed by atoms with Crippen molar-refractivity contribution in [2.75, 3.05) is 18.5 Å². The van der Waals surface area contributed by atoms with Gasteiger partial charge in [-0.3, -0.25) is 4.79 Å². The molecule has 0 aliphatic heterocycles. The quantitative estimate of drug-likeness (QED) is 0.818. The third-order valence-electron chi connectivity index (χ3n) is 2.83. The molecule has 94 valence electrons. The van der Waals surface area contributed by atoms with Gasteiger partial charge in [0.15, 0.2) is 0 Å². The highest BCUT2D eigenvalue weighted by Gasteiger charge is 2.17. The molecule has 0 radical (unpaired) electrons. The molecule has 0 bridgehead atoms. The molecule has 1 unspecified atom stereocenters. The molecule has 0 saturated heterocycles. The second kappa shape index (κ2) is 6.25. The first-order valence-electron chi connectivity index (χ1n) is 5.83. The SMILES string of the molecule is CC(CCCN)C(=O)N(C)c1ccc(O)cc1. The summed E-state index contributed by atoms with van der Waals surface area (Å²) in [6.45, 7) is 2.52. The Labute approximate surface area is 102 Å². The maximum absolute atomic E-state index is 12.1. The standard InChI is InChI=1S/C13H20N2O2/c1-10(4-3-9-14)13(17)15(2)11-5-7-12(16)8-6-11/h5-8,10,16H,3-4,9,14H2,1-2H3. The Morgan fingerprint density at radius 1 is 1.41 bits per heavy atom. The third kappa shape index (κ3) is 3.75. The molecule has 0 fully saturated rings. The molecular weight excluding hydrogens is 216 g/mol. The molecule has 1 aromatic carbocycles. The number of anilines is 1. The number of nitrogens with two attached hydrogens (primary N) is 1. The Hall–Kier alpha value is -1.55. The second-order valence-corrected chi connectivity index (χ2v) is 4.25. The first-order chi connectivity index (χ1) is 8.06. The summed E-state index contributed by atoms with van der Waals surface area (Å²) in [6.07, 6.45) is 1.66. The molecule has 0 heterocycles. The van der Waals surface area contributed by atoms with Gasteiger partial charge in [0.25, 0.3) is 0 Å². The first kappa shape index (κ1) is 13.5. The van der Waals surface area contributed by atoms with Gasteiger partial charge in [-0.2, -0.15) is 0 Å². The first-order valence-corrected chi connectivity index (χ1v) is 5.83. The summed E-state index contributed by atoms with van der Waals surface area (Å²) in [6, 6.07) is 6.60. The molecule has 0 spiro atoms. The van der Waals surface area contributed by atoms with Gasteiger partial charge < -0.3 is 15.7 Å². The lowest BCUT2D eigenvalue weighted by Crippen LogP contribution is -2.31. The van der Waals surface area contributed by atoms with E-state index in [1.165, 1.54) is 0 Å². The normalized spacial score (nSPS) is 12.2. The van der Waals surface area contributed by atoms with E-state index in [0.717, 1.165) is 18.5 Å². The Bertz CT molecular complexity index is 362. The highest BCUT2D eigenvalue weighted by atomic mass is 16.3. The minimum atomic E-state index is -0.0302. The van der Waals surface area contributed by atoms with E-state index in [2.05, 4.69) is 0 Å². The predicted octanol–water partition coefficient (Wildman–Crippen LogP) is 1.73. The number of rotatable bonds is 5. The summed E-state index contributed by atoms with van der Waals surface area (Å²) in [5.41, 5.74) is 6.21. The lowest BCUT2D eigenvalue weighted by molar-refractivity contribution is -0.121. The summed E-state index contributed by atoms with van der Waals surface area (Å²) in [4.78, 5) is 13.7. The van der Waals surface area contributed by atoms with E-state index in [1.54, 1.807) is 36.2 Å². The second-order valence-electron chi connectivity index (χ2n) is 4.25. The Morgan fingerprint density at radius 2 is 2.00 bits per heavy atom. The van der Waals surface area contributed by atoms with Gasteiger partial charge >= 0.3 is 0 Å². The van der Waals surface area contributed by atoms with Crippen molar-refractivity contribution in [2.45, 2.75) is 19.8 Å². The smallest absolute Gasteiger partial charge is 0.229 e. The van der Waals surface area contributed by atoms with Crippen molar-refractivity contribution in [1.29, 1.82) is 0 Å². The number of benzene rings is 1. The molecule has 1 rings (SSSR count). The van der Waals surface area contributed by atoms with Crippen LogP contribution in [-0.2, 0) is 4.79 Å². The van der Waals surface area contributed by atoms with Crippen LogP contribution in [-0.4, -0.2) is 24.6 Å². The van der Waals surface area contributed by atoms with Crippen LogP contribution in [0.2, 0.25) is 0 Å². The summed E-state index contributed by atoms with van der Waals surface area (Å²) >= 11 is 0. The molecule has 4 heteroatoms. The average Bonchev–Trinajstić information content (AvgIpc) is 2.35. The van der Waals surface area contributed by atoms with E-state index < -0.39 is 0 Å². The molecule has 0 aromatic heterocycles. The highest BCUT2D eigenvalue weighted by Crippen LogP contribution is 2.19. The van der Waals surface area contributed by atoms with E-state index in [0.29, 0.717) is 6.54 Å². The lowest BCUT2D eigenvalue weighted by atomic mass is 10.0. The Balaban J connectivity index is 2.65. The van der Waals surface area contributed by atoms with Crippen molar-refractivity contribution < 1.29 is 9.90 Å². The van der Waals surface area contributed by atoms with Gasteiger partial charge in [0.2, 0.25) is 5.91 Å². The summed E-state index contributed by atoms with van der Waals surface area (Å²) in [7, 11) is 1.74. The summed E-state index contributed by atoms with van der Waals surface area (Å²) in [5.74, 6) is 0.243. The van der Waals surface area contributed by atoms with Gasteiger partial charge in [-0.05, 0) is 43.7 Å². The van der Waals surface area contributed by atoms with Crippen molar-refractivity contribution in [3.05, 3.63) is 24.3 Å². The van der Waals surface area contributed by atoms with Crippen molar-refractivity contribution in [3.8, 4) is 5.75 Å². The van der Waals surface area contributed by atoms with Crippen molar-refractivity contribution >= 4 is 11.6 Å². The van der Waals surface area contributed by atoms with E-state index in [9.17, 15) is 9.90 Å². The maximum atomic E-state index is 12.1. The number of carbonyl (C=O) groups is 1. The van der Waals surface area contributed by atoms with Gasteiger partial charge in [0, 0.05) is 18.7 Å². The maximum Gasteiger partial charge on any atom is 0.229 e. The summed E-state index contributed by atoms with van der Waals surface area (Å²) in [5, 5.41) is 9.19. The fourth-order valence-corrected chi connectivity index (χ4v) is 1.68. The molecule has 0 saturated carbocycles. The third-order valence-corrected chi connectivity index (χ3v) is 2.83. The van der Waals surface area contributed by atoms with Crippen LogP contribution in [0.5, 0.6) is 5.75 Å². The van der Waals surface area contributed by atoms with Gasteiger partial charge in [0.1, 0.15) is 5.75 Å². The zero-order valence-corrected chi connectivity index (χ0v) is 10.4. The highest BCUT2D eigenvalue weighted by molar-refractivity contribution is 5.94. The van der Waals surface area contributed by atoms with Gasteiger partial charge in [-0.15, -0.1) is 0 Å². The molecule has 1 amide bonds. The van der Waals surface area contributed by atoms with Crippen molar-refractivity contribution in [1.82, 2.24) is 0 Å². The largest absolute Gasteiger partial charge is 0.508 e. The monoisotopic (exact) mass is 236 g/mol. The Morgan fingerprint density at radius 3 is 2.53 bits per heavy atom. The van der Waals surface area contributed by atoms with Crippen LogP contribution in [0.4, 0.5) is 5.69 Å². The number of nitrogens with zero attached hydrogens (tertiary/aromatic N) is 1. The number of aromatic hydroxyl groups is 1. The molecule has 0 aliphatic carbocycles.